The highest BCUT2D eigenvalue weighted by molar-refractivity contribution is 5.76. The van der Waals surface area contributed by atoms with E-state index in [4.69, 9.17) is 0 Å². The highest BCUT2D eigenvalue weighted by atomic mass is 16.2. The summed E-state index contributed by atoms with van der Waals surface area (Å²) in [5, 5.41) is 10.6. The van der Waals surface area contributed by atoms with Gasteiger partial charge in [-0.2, -0.15) is 14.9 Å². The van der Waals surface area contributed by atoms with Gasteiger partial charge in [0.25, 0.3) is 0 Å². The highest BCUT2D eigenvalue weighted by Gasteiger charge is 2.07. The Labute approximate surface area is 120 Å². The maximum Gasteiger partial charge on any atom is 0.364 e. The molecule has 0 unspecified atom stereocenters. The summed E-state index contributed by atoms with van der Waals surface area (Å²) in [6, 6.07) is 15.3. The molecule has 0 saturated heterocycles. The minimum absolute atomic E-state index is 0.367. The summed E-state index contributed by atoms with van der Waals surface area (Å²) in [5.41, 5.74) is 1.37. The van der Waals surface area contributed by atoms with Crippen molar-refractivity contribution < 1.29 is 0 Å². The van der Waals surface area contributed by atoms with Crippen LogP contribution in [0.5, 0.6) is 0 Å². The molecule has 1 N–H and O–H groups in total. The second-order valence-electron chi connectivity index (χ2n) is 4.42. The Morgan fingerprint density at radius 3 is 2.71 bits per heavy atom. The smallest absolute Gasteiger partial charge is 0.255 e. The first-order chi connectivity index (χ1) is 10.3. The lowest BCUT2D eigenvalue weighted by Gasteiger charge is -2.00. The molecule has 6 heteroatoms. The van der Waals surface area contributed by atoms with Crippen LogP contribution in [0.4, 0.5) is 0 Å². The van der Waals surface area contributed by atoms with Gasteiger partial charge in [-0.1, -0.05) is 36.4 Å². The third-order valence-electron chi connectivity index (χ3n) is 2.92. The molecule has 0 amide bonds. The number of hydrogen-bond donors (Lipinski definition) is 1. The van der Waals surface area contributed by atoms with E-state index in [2.05, 4.69) is 20.3 Å². The molecule has 0 radical (unpaired) electrons. The number of nitrogens with zero attached hydrogens (tertiary/aromatic N) is 4. The zero-order valence-corrected chi connectivity index (χ0v) is 11.2. The summed E-state index contributed by atoms with van der Waals surface area (Å²) in [5.74, 6) is 0.554. The normalized spacial score (nSPS) is 11.0. The van der Waals surface area contributed by atoms with E-state index in [9.17, 15) is 4.79 Å². The van der Waals surface area contributed by atoms with Crippen LogP contribution in [-0.2, 0) is 6.42 Å². The van der Waals surface area contributed by atoms with Gasteiger partial charge in [-0.15, -0.1) is 0 Å². The maximum absolute atomic E-state index is 11.8. The van der Waals surface area contributed by atoms with Crippen LogP contribution in [0.15, 0.2) is 64.6 Å². The van der Waals surface area contributed by atoms with Crippen LogP contribution in [0.25, 0.3) is 0 Å². The summed E-state index contributed by atoms with van der Waals surface area (Å²) in [6.07, 6.45) is 3.73. The fourth-order valence-corrected chi connectivity index (χ4v) is 1.91. The topological polar surface area (TPSA) is 75.9 Å². The van der Waals surface area contributed by atoms with Crippen LogP contribution in [0.2, 0.25) is 0 Å². The van der Waals surface area contributed by atoms with Gasteiger partial charge < -0.3 is 0 Å². The van der Waals surface area contributed by atoms with Crippen molar-refractivity contribution in [2.45, 2.75) is 6.42 Å². The molecule has 0 aliphatic carbocycles. The van der Waals surface area contributed by atoms with E-state index in [1.54, 1.807) is 6.20 Å². The number of H-pyrrole nitrogens is 1. The molecular formula is C15H13N5O. The van der Waals surface area contributed by atoms with Crippen molar-refractivity contribution in [1.29, 1.82) is 0 Å². The Morgan fingerprint density at radius 1 is 1.14 bits per heavy atom. The maximum atomic E-state index is 11.8. The third-order valence-corrected chi connectivity index (χ3v) is 2.92. The summed E-state index contributed by atoms with van der Waals surface area (Å²) in [7, 11) is 0. The van der Waals surface area contributed by atoms with Crippen LogP contribution < -0.4 is 5.69 Å². The first kappa shape index (κ1) is 13.0. The Morgan fingerprint density at radius 2 is 1.95 bits per heavy atom. The molecule has 1 aromatic carbocycles. The molecule has 21 heavy (non-hydrogen) atoms. The quantitative estimate of drug-likeness (QED) is 0.734. The van der Waals surface area contributed by atoms with Crippen molar-refractivity contribution in [3.8, 4) is 0 Å². The number of hydrogen-bond acceptors (Lipinski definition) is 4. The van der Waals surface area contributed by atoms with E-state index < -0.39 is 0 Å². The lowest BCUT2D eigenvalue weighted by Crippen LogP contribution is -2.15. The Hall–Kier alpha value is -3.02. The third kappa shape index (κ3) is 3.11. The Bertz CT molecular complexity index is 790. The first-order valence-electron chi connectivity index (χ1n) is 6.48. The van der Waals surface area contributed by atoms with E-state index in [0.717, 1.165) is 5.56 Å². The highest BCUT2D eigenvalue weighted by Crippen LogP contribution is 2.05. The molecule has 0 aliphatic rings. The molecule has 0 saturated carbocycles. The first-order valence-corrected chi connectivity index (χ1v) is 6.48. The van der Waals surface area contributed by atoms with Crippen molar-refractivity contribution >= 4 is 6.21 Å². The molecule has 0 fully saturated rings. The lowest BCUT2D eigenvalue weighted by atomic mass is 10.1. The monoisotopic (exact) mass is 279 g/mol. The molecule has 0 spiro atoms. The van der Waals surface area contributed by atoms with Gasteiger partial charge in [0.1, 0.15) is 0 Å². The molecular weight excluding hydrogens is 266 g/mol. The van der Waals surface area contributed by atoms with E-state index in [1.807, 2.05) is 48.5 Å². The SMILES string of the molecule is O=c1[nH]nc(Cc2ccccc2)n1/N=C/c1ccccn1. The summed E-state index contributed by atoms with van der Waals surface area (Å²) >= 11 is 0. The van der Waals surface area contributed by atoms with Gasteiger partial charge in [-0.25, -0.2) is 9.89 Å². The van der Waals surface area contributed by atoms with Gasteiger partial charge in [0.2, 0.25) is 0 Å². The van der Waals surface area contributed by atoms with Crippen LogP contribution in [0.3, 0.4) is 0 Å². The standard InChI is InChI=1S/C15H13N5O/c21-15-19-18-14(10-12-6-2-1-3-7-12)20(15)17-11-13-8-4-5-9-16-13/h1-9,11H,10H2,(H,19,21)/b17-11+. The van der Waals surface area contributed by atoms with Gasteiger partial charge in [0.15, 0.2) is 5.82 Å². The molecule has 3 rings (SSSR count). The molecule has 0 bridgehead atoms. The predicted molar refractivity (Wildman–Crippen MR) is 79.3 cm³/mol. The molecule has 2 heterocycles. The van der Waals surface area contributed by atoms with Gasteiger partial charge in [0, 0.05) is 12.6 Å². The number of rotatable bonds is 4. The van der Waals surface area contributed by atoms with E-state index in [0.29, 0.717) is 17.9 Å². The van der Waals surface area contributed by atoms with E-state index in [-0.39, 0.29) is 5.69 Å². The van der Waals surface area contributed by atoms with E-state index >= 15 is 0 Å². The number of aromatic amines is 1. The minimum atomic E-state index is -0.367. The number of benzene rings is 1. The fourth-order valence-electron chi connectivity index (χ4n) is 1.91. The van der Waals surface area contributed by atoms with Gasteiger partial charge in [0.05, 0.1) is 11.9 Å². The van der Waals surface area contributed by atoms with E-state index in [1.165, 1.54) is 10.9 Å². The molecule has 2 aromatic heterocycles. The van der Waals surface area contributed by atoms with Gasteiger partial charge in [-0.05, 0) is 17.7 Å². The van der Waals surface area contributed by atoms with Gasteiger partial charge >= 0.3 is 5.69 Å². The Kier molecular flexibility index (Phi) is 3.68. The molecule has 3 aromatic rings. The van der Waals surface area contributed by atoms with Crippen LogP contribution in [0.1, 0.15) is 17.1 Å². The Balaban J connectivity index is 1.87. The predicted octanol–water partition coefficient (Wildman–Crippen LogP) is 1.44. The molecule has 0 atom stereocenters. The lowest BCUT2D eigenvalue weighted by molar-refractivity contribution is 0.775. The van der Waals surface area contributed by atoms with Crippen molar-refractivity contribution in [3.05, 3.63) is 82.3 Å². The van der Waals surface area contributed by atoms with Crippen LogP contribution in [0, 0.1) is 0 Å². The average molecular weight is 279 g/mol. The van der Waals surface area contributed by atoms with Crippen molar-refractivity contribution in [2.75, 3.05) is 0 Å². The van der Waals surface area contributed by atoms with Gasteiger partial charge in [-0.3, -0.25) is 4.98 Å². The number of nitrogens with one attached hydrogen (secondary N) is 1. The van der Waals surface area contributed by atoms with Crippen molar-refractivity contribution in [1.82, 2.24) is 19.9 Å². The molecule has 104 valence electrons. The van der Waals surface area contributed by atoms with Crippen LogP contribution >= 0.6 is 0 Å². The average Bonchev–Trinajstić information content (AvgIpc) is 2.87. The summed E-state index contributed by atoms with van der Waals surface area (Å²) in [4.78, 5) is 15.9. The molecule has 6 nitrogen and oxygen atoms in total. The largest absolute Gasteiger partial charge is 0.364 e. The van der Waals surface area contributed by atoms with Crippen molar-refractivity contribution in [3.63, 3.8) is 0 Å². The second kappa shape index (κ2) is 5.96. The second-order valence-corrected chi connectivity index (χ2v) is 4.42. The molecule has 0 aliphatic heterocycles. The number of aromatic nitrogens is 4. The number of pyridine rings is 1. The zero-order chi connectivity index (χ0) is 14.5. The van der Waals surface area contributed by atoms with Crippen LogP contribution in [-0.4, -0.2) is 26.1 Å². The zero-order valence-electron chi connectivity index (χ0n) is 11.2. The van der Waals surface area contributed by atoms with Crippen molar-refractivity contribution in [2.24, 2.45) is 5.10 Å². The minimum Gasteiger partial charge on any atom is -0.255 e. The summed E-state index contributed by atoms with van der Waals surface area (Å²) in [6.45, 7) is 0. The summed E-state index contributed by atoms with van der Waals surface area (Å²) < 4.78 is 1.25. The fraction of sp³-hybridized carbons (Fsp3) is 0.0667.